The minimum atomic E-state index is -0.524. The summed E-state index contributed by atoms with van der Waals surface area (Å²) in [7, 11) is 0. The van der Waals surface area contributed by atoms with Gasteiger partial charge in [-0.05, 0) is 90.8 Å². The first-order valence-corrected chi connectivity index (χ1v) is 14.2. The highest BCUT2D eigenvalue weighted by atomic mass is 35.5. The van der Waals surface area contributed by atoms with E-state index in [1.165, 1.54) is 87.5 Å². The molecule has 1 aliphatic rings. The number of hydrogen-bond acceptors (Lipinski definition) is 0. The molecule has 1 aliphatic carbocycles. The zero-order valence-electron chi connectivity index (χ0n) is 21.5. The Hall–Kier alpha value is -2.19. The summed E-state index contributed by atoms with van der Waals surface area (Å²) in [5.41, 5.74) is 4.90. The van der Waals surface area contributed by atoms with Crippen LogP contribution in [0.1, 0.15) is 81.4 Å². The van der Waals surface area contributed by atoms with Gasteiger partial charge in [0.15, 0.2) is 0 Å². The summed E-state index contributed by atoms with van der Waals surface area (Å²) in [6, 6.07) is 19.1. The lowest BCUT2D eigenvalue weighted by molar-refractivity contribution is 0.253. The molecule has 0 aliphatic heterocycles. The Kier molecular flexibility index (Phi) is 9.98. The van der Waals surface area contributed by atoms with Crippen LogP contribution in [-0.4, -0.2) is 0 Å². The highest BCUT2D eigenvalue weighted by Gasteiger charge is 2.21. The molecule has 3 heteroatoms. The summed E-state index contributed by atoms with van der Waals surface area (Å²) in [6.07, 6.45) is 14.8. The van der Waals surface area contributed by atoms with Crippen molar-refractivity contribution in [3.8, 4) is 11.1 Å². The third-order valence-corrected chi connectivity index (χ3v) is 8.31. The number of rotatable bonds is 11. The van der Waals surface area contributed by atoms with E-state index in [1.54, 1.807) is 18.2 Å². The largest absolute Gasteiger partial charge is 0.206 e. The van der Waals surface area contributed by atoms with Crippen molar-refractivity contribution in [2.45, 2.75) is 84.0 Å². The van der Waals surface area contributed by atoms with Crippen LogP contribution in [-0.2, 0) is 19.3 Å². The Morgan fingerprint density at radius 1 is 0.667 bits per heavy atom. The van der Waals surface area contributed by atoms with E-state index in [0.717, 1.165) is 30.2 Å². The molecule has 0 aromatic heterocycles. The van der Waals surface area contributed by atoms with Crippen molar-refractivity contribution < 1.29 is 8.78 Å². The van der Waals surface area contributed by atoms with Crippen LogP contribution in [0.4, 0.5) is 8.78 Å². The van der Waals surface area contributed by atoms with Gasteiger partial charge in [0.1, 0.15) is 11.6 Å². The molecule has 0 N–H and O–H groups in total. The predicted octanol–water partition coefficient (Wildman–Crippen LogP) is 10.4. The van der Waals surface area contributed by atoms with Gasteiger partial charge in [0.25, 0.3) is 0 Å². The summed E-state index contributed by atoms with van der Waals surface area (Å²) in [5.74, 6) is 0.745. The summed E-state index contributed by atoms with van der Waals surface area (Å²) in [6.45, 7) is 2.25. The van der Waals surface area contributed by atoms with Gasteiger partial charge in [-0.15, -0.1) is 0 Å². The lowest BCUT2D eigenvalue weighted by Gasteiger charge is -2.28. The summed E-state index contributed by atoms with van der Waals surface area (Å²) in [4.78, 5) is 0. The monoisotopic (exact) mass is 508 g/mol. The minimum Gasteiger partial charge on any atom is -0.206 e. The molecule has 3 aromatic rings. The van der Waals surface area contributed by atoms with Crippen molar-refractivity contribution in [2.24, 2.45) is 11.8 Å². The standard InChI is InChI=1S/C33H39ClF2/c1-2-3-4-5-24-6-8-25(9-7-24)10-11-26-12-14-27(15-13-26)16-17-28-18-20-30(32(35)22-28)29-19-21-31(34)33(36)23-29/h6-9,18-23,26-27H,2-5,10-17H2,1H3. The van der Waals surface area contributed by atoms with Gasteiger partial charge < -0.3 is 0 Å². The SMILES string of the molecule is CCCCCc1ccc(CCC2CCC(CCc3ccc(-c4ccc(Cl)c(F)c4)c(F)c3)CC2)cc1. The molecule has 192 valence electrons. The number of halogens is 3. The van der Waals surface area contributed by atoms with Crippen LogP contribution in [0.2, 0.25) is 5.02 Å². The molecule has 0 radical (unpaired) electrons. The number of unbranched alkanes of at least 4 members (excludes halogenated alkanes) is 2. The van der Waals surface area contributed by atoms with Crippen molar-refractivity contribution in [2.75, 3.05) is 0 Å². The summed E-state index contributed by atoms with van der Waals surface area (Å²) >= 11 is 5.76. The van der Waals surface area contributed by atoms with Gasteiger partial charge in [-0.2, -0.15) is 0 Å². The molecule has 3 aromatic carbocycles. The van der Waals surface area contributed by atoms with Crippen molar-refractivity contribution in [3.05, 3.63) is 94.0 Å². The normalized spacial score (nSPS) is 17.9. The Morgan fingerprint density at radius 2 is 1.25 bits per heavy atom. The maximum absolute atomic E-state index is 14.7. The second-order valence-electron chi connectivity index (χ2n) is 10.7. The van der Waals surface area contributed by atoms with E-state index < -0.39 is 5.82 Å². The minimum absolute atomic E-state index is 0.0531. The van der Waals surface area contributed by atoms with Crippen LogP contribution in [0.15, 0.2) is 60.7 Å². The van der Waals surface area contributed by atoms with Crippen molar-refractivity contribution in [1.82, 2.24) is 0 Å². The first-order valence-electron chi connectivity index (χ1n) is 13.8. The predicted molar refractivity (Wildman–Crippen MR) is 149 cm³/mol. The average Bonchev–Trinajstić information content (AvgIpc) is 2.89. The highest BCUT2D eigenvalue weighted by Crippen LogP contribution is 2.34. The molecule has 0 saturated heterocycles. The van der Waals surface area contributed by atoms with Crippen LogP contribution >= 0.6 is 11.6 Å². The molecule has 0 spiro atoms. The molecule has 0 nitrogen and oxygen atoms in total. The van der Waals surface area contributed by atoms with E-state index in [0.29, 0.717) is 11.1 Å². The fourth-order valence-electron chi connectivity index (χ4n) is 5.61. The lowest BCUT2D eigenvalue weighted by Crippen LogP contribution is -2.15. The molecule has 1 saturated carbocycles. The molecule has 36 heavy (non-hydrogen) atoms. The van der Waals surface area contributed by atoms with Gasteiger partial charge in [-0.25, -0.2) is 8.78 Å². The smallest absolute Gasteiger partial charge is 0.142 e. The molecule has 1 fully saturated rings. The third-order valence-electron chi connectivity index (χ3n) is 8.00. The topological polar surface area (TPSA) is 0 Å². The van der Waals surface area contributed by atoms with E-state index >= 15 is 0 Å². The van der Waals surface area contributed by atoms with Gasteiger partial charge >= 0.3 is 0 Å². The van der Waals surface area contributed by atoms with Crippen LogP contribution in [0.3, 0.4) is 0 Å². The Morgan fingerprint density at radius 3 is 1.83 bits per heavy atom. The maximum atomic E-state index is 14.7. The molecular formula is C33H39ClF2. The van der Waals surface area contributed by atoms with Gasteiger partial charge in [-0.3, -0.25) is 0 Å². The molecule has 0 unspecified atom stereocenters. The van der Waals surface area contributed by atoms with E-state index in [2.05, 4.69) is 31.2 Å². The Labute approximate surface area is 221 Å². The van der Waals surface area contributed by atoms with Crippen molar-refractivity contribution >= 4 is 11.6 Å². The molecule has 0 atom stereocenters. The molecule has 4 rings (SSSR count). The van der Waals surface area contributed by atoms with E-state index in [-0.39, 0.29) is 10.8 Å². The quantitative estimate of drug-likeness (QED) is 0.226. The Balaban J connectivity index is 1.18. The summed E-state index contributed by atoms with van der Waals surface area (Å²) in [5, 5.41) is 0.0531. The third kappa shape index (κ3) is 7.65. The fourth-order valence-corrected chi connectivity index (χ4v) is 5.73. The first-order chi connectivity index (χ1) is 17.5. The van der Waals surface area contributed by atoms with Crippen LogP contribution in [0, 0.1) is 23.5 Å². The van der Waals surface area contributed by atoms with Gasteiger partial charge in [0, 0.05) is 5.56 Å². The van der Waals surface area contributed by atoms with Crippen LogP contribution < -0.4 is 0 Å². The average molecular weight is 509 g/mol. The zero-order chi connectivity index (χ0) is 25.3. The second-order valence-corrected chi connectivity index (χ2v) is 11.1. The van der Waals surface area contributed by atoms with E-state index in [1.807, 2.05) is 6.07 Å². The summed E-state index contributed by atoms with van der Waals surface area (Å²) < 4.78 is 28.5. The van der Waals surface area contributed by atoms with Crippen LogP contribution in [0.5, 0.6) is 0 Å². The second kappa shape index (κ2) is 13.4. The molecule has 0 amide bonds. The van der Waals surface area contributed by atoms with E-state index in [4.69, 9.17) is 11.6 Å². The number of benzene rings is 3. The lowest BCUT2D eigenvalue weighted by atomic mass is 9.77. The van der Waals surface area contributed by atoms with Crippen molar-refractivity contribution in [1.29, 1.82) is 0 Å². The molecule has 0 heterocycles. The van der Waals surface area contributed by atoms with Crippen LogP contribution in [0.25, 0.3) is 11.1 Å². The number of hydrogen-bond donors (Lipinski definition) is 0. The first kappa shape index (κ1) is 26.9. The zero-order valence-corrected chi connectivity index (χ0v) is 22.3. The number of aryl methyl sites for hydroxylation is 3. The van der Waals surface area contributed by atoms with E-state index in [9.17, 15) is 8.78 Å². The maximum Gasteiger partial charge on any atom is 0.142 e. The Bertz CT molecular complexity index is 1100. The fraction of sp³-hybridized carbons (Fsp3) is 0.455. The highest BCUT2D eigenvalue weighted by molar-refractivity contribution is 6.30. The molecule has 0 bridgehead atoms. The van der Waals surface area contributed by atoms with Gasteiger partial charge in [0.05, 0.1) is 5.02 Å². The molecular weight excluding hydrogens is 470 g/mol. The van der Waals surface area contributed by atoms with Crippen molar-refractivity contribution in [3.63, 3.8) is 0 Å². The van der Waals surface area contributed by atoms with Gasteiger partial charge in [0.2, 0.25) is 0 Å². The van der Waals surface area contributed by atoms with Gasteiger partial charge in [-0.1, -0.05) is 99.5 Å².